The zero-order chi connectivity index (χ0) is 14.9. The molecule has 1 aliphatic rings. The van der Waals surface area contributed by atoms with Crippen LogP contribution < -0.4 is 10.6 Å². The number of anilines is 1. The van der Waals surface area contributed by atoms with Crippen molar-refractivity contribution in [3.05, 3.63) is 29.6 Å². The van der Waals surface area contributed by atoms with Crippen molar-refractivity contribution < 1.29 is 4.39 Å². The minimum atomic E-state index is -0.272. The summed E-state index contributed by atoms with van der Waals surface area (Å²) in [5.41, 5.74) is 6.86. The van der Waals surface area contributed by atoms with Crippen LogP contribution in [0, 0.1) is 5.82 Å². The molecular weight excluding hydrogens is 273 g/mol. The van der Waals surface area contributed by atoms with Gasteiger partial charge in [-0.3, -0.25) is 0 Å². The summed E-state index contributed by atoms with van der Waals surface area (Å²) < 4.78 is 14.2. The third-order valence-electron chi connectivity index (χ3n) is 4.41. The molecule has 0 unspecified atom stereocenters. The van der Waals surface area contributed by atoms with Crippen LogP contribution in [0.15, 0.2) is 18.2 Å². The summed E-state index contributed by atoms with van der Waals surface area (Å²) in [4.78, 5) is 4.47. The Bertz CT molecular complexity index is 512. The van der Waals surface area contributed by atoms with Gasteiger partial charge in [-0.05, 0) is 51.6 Å². The van der Waals surface area contributed by atoms with Gasteiger partial charge in [-0.25, -0.2) is 4.39 Å². The Morgan fingerprint density at radius 3 is 2.40 bits per heavy atom. The minimum absolute atomic E-state index is 0.170. The summed E-state index contributed by atoms with van der Waals surface area (Å²) in [5.74, 6) is -0.272. The molecule has 20 heavy (non-hydrogen) atoms. The molecule has 0 radical (unpaired) electrons. The first-order valence-electron chi connectivity index (χ1n) is 6.84. The van der Waals surface area contributed by atoms with Crippen molar-refractivity contribution in [1.82, 2.24) is 4.90 Å². The number of benzene rings is 1. The summed E-state index contributed by atoms with van der Waals surface area (Å²) >= 11 is 4.87. The Kier molecular flexibility index (Phi) is 4.30. The number of nitrogens with two attached hydrogens (primary N) is 1. The quantitative estimate of drug-likeness (QED) is 0.846. The molecular formula is C15H22FN3S. The molecule has 0 bridgehead atoms. The van der Waals surface area contributed by atoms with Gasteiger partial charge in [0.2, 0.25) is 0 Å². The van der Waals surface area contributed by atoms with Crippen LogP contribution in [0.25, 0.3) is 0 Å². The molecule has 0 saturated heterocycles. The van der Waals surface area contributed by atoms with Crippen molar-refractivity contribution in [2.24, 2.45) is 5.73 Å². The molecule has 1 fully saturated rings. The van der Waals surface area contributed by atoms with E-state index in [4.69, 9.17) is 18.0 Å². The molecule has 2 rings (SSSR count). The first-order valence-corrected chi connectivity index (χ1v) is 7.24. The summed E-state index contributed by atoms with van der Waals surface area (Å²) in [6, 6.07) is 4.95. The lowest BCUT2D eigenvalue weighted by atomic mass is 9.75. The monoisotopic (exact) mass is 295 g/mol. The van der Waals surface area contributed by atoms with Crippen LogP contribution in [0.2, 0.25) is 0 Å². The molecule has 1 aromatic carbocycles. The van der Waals surface area contributed by atoms with Gasteiger partial charge in [-0.15, -0.1) is 0 Å². The average molecular weight is 295 g/mol. The molecule has 3 nitrogen and oxygen atoms in total. The van der Waals surface area contributed by atoms with Crippen molar-refractivity contribution in [3.63, 3.8) is 0 Å². The lowest BCUT2D eigenvalue weighted by Crippen LogP contribution is -2.56. The number of nitrogens with zero attached hydrogens (tertiary/aromatic N) is 2. The lowest BCUT2D eigenvalue weighted by Gasteiger charge is -2.49. The number of likely N-dealkylation sites (N-methyl/N-ethyl adjacent to an activating group) is 2. The third-order valence-corrected chi connectivity index (χ3v) is 4.64. The van der Waals surface area contributed by atoms with Gasteiger partial charge in [-0.2, -0.15) is 0 Å². The first kappa shape index (κ1) is 15.2. The molecule has 1 saturated carbocycles. The molecule has 0 aliphatic heterocycles. The summed E-state index contributed by atoms with van der Waals surface area (Å²) in [5, 5.41) is 0. The van der Waals surface area contributed by atoms with Gasteiger partial charge in [0, 0.05) is 24.7 Å². The van der Waals surface area contributed by atoms with Crippen molar-refractivity contribution in [1.29, 1.82) is 0 Å². The van der Waals surface area contributed by atoms with Gasteiger partial charge in [-0.1, -0.05) is 12.2 Å². The zero-order valence-corrected chi connectivity index (χ0v) is 13.1. The largest absolute Gasteiger partial charge is 0.389 e. The average Bonchev–Trinajstić information content (AvgIpc) is 2.32. The summed E-state index contributed by atoms with van der Waals surface area (Å²) in [6.07, 6.45) is 3.57. The Morgan fingerprint density at radius 1 is 1.35 bits per heavy atom. The second-order valence-corrected chi connectivity index (χ2v) is 6.30. The highest BCUT2D eigenvalue weighted by atomic mass is 32.1. The van der Waals surface area contributed by atoms with Crippen LogP contribution in [-0.4, -0.2) is 43.1 Å². The Labute approximate surface area is 125 Å². The zero-order valence-electron chi connectivity index (χ0n) is 12.3. The van der Waals surface area contributed by atoms with Gasteiger partial charge < -0.3 is 15.5 Å². The highest BCUT2D eigenvalue weighted by Gasteiger charge is 2.40. The predicted molar refractivity (Wildman–Crippen MR) is 85.8 cm³/mol. The van der Waals surface area contributed by atoms with Gasteiger partial charge in [0.1, 0.15) is 10.8 Å². The fraction of sp³-hybridized carbons (Fsp3) is 0.533. The number of hydrogen-bond acceptors (Lipinski definition) is 3. The van der Waals surface area contributed by atoms with Gasteiger partial charge >= 0.3 is 0 Å². The summed E-state index contributed by atoms with van der Waals surface area (Å²) in [7, 11) is 6.13. The van der Waals surface area contributed by atoms with Gasteiger partial charge in [0.05, 0.1) is 5.69 Å². The second-order valence-electron chi connectivity index (χ2n) is 5.86. The van der Waals surface area contributed by atoms with Crippen LogP contribution in [0.5, 0.6) is 0 Å². The van der Waals surface area contributed by atoms with E-state index >= 15 is 0 Å². The fourth-order valence-corrected chi connectivity index (χ4v) is 2.95. The van der Waals surface area contributed by atoms with Crippen molar-refractivity contribution in [2.45, 2.75) is 24.8 Å². The Hall–Kier alpha value is -1.20. The number of halogens is 1. The fourth-order valence-electron chi connectivity index (χ4n) is 2.83. The smallest absolute Gasteiger partial charge is 0.147 e. The molecule has 2 N–H and O–H groups in total. The maximum absolute atomic E-state index is 14.2. The number of rotatable bonds is 5. The highest BCUT2D eigenvalue weighted by molar-refractivity contribution is 7.80. The van der Waals surface area contributed by atoms with Crippen LogP contribution in [0.4, 0.5) is 10.1 Å². The maximum atomic E-state index is 14.2. The molecule has 1 aromatic rings. The van der Waals surface area contributed by atoms with E-state index in [0.717, 1.165) is 19.4 Å². The van der Waals surface area contributed by atoms with Crippen molar-refractivity contribution in [3.8, 4) is 0 Å². The van der Waals surface area contributed by atoms with Crippen molar-refractivity contribution >= 4 is 22.9 Å². The molecule has 0 heterocycles. The van der Waals surface area contributed by atoms with Gasteiger partial charge in [0.25, 0.3) is 0 Å². The SMILES string of the molecule is CN(CC1(N(C)C)CCC1)c1ccc(C(N)=S)cc1F. The molecule has 5 heteroatoms. The van der Waals surface area contributed by atoms with Crippen LogP contribution in [0.1, 0.15) is 24.8 Å². The second kappa shape index (κ2) is 5.66. The highest BCUT2D eigenvalue weighted by Crippen LogP contribution is 2.37. The van der Waals surface area contributed by atoms with Crippen molar-refractivity contribution in [2.75, 3.05) is 32.6 Å². The van der Waals surface area contributed by atoms with E-state index in [1.165, 1.54) is 12.5 Å². The predicted octanol–water partition coefficient (Wildman–Crippen LogP) is 2.38. The van der Waals surface area contributed by atoms with E-state index in [2.05, 4.69) is 19.0 Å². The van der Waals surface area contributed by atoms with Crippen LogP contribution >= 0.6 is 12.2 Å². The molecule has 0 spiro atoms. The number of thiocarbonyl (C=S) groups is 1. The summed E-state index contributed by atoms with van der Waals surface area (Å²) in [6.45, 7) is 0.823. The normalized spacial score (nSPS) is 16.9. The maximum Gasteiger partial charge on any atom is 0.147 e. The third kappa shape index (κ3) is 2.79. The van der Waals surface area contributed by atoms with E-state index in [9.17, 15) is 4.39 Å². The van der Waals surface area contributed by atoms with E-state index < -0.39 is 0 Å². The standard InChI is InChI=1S/C15H22FN3S/c1-18(2)15(7-4-8-15)10-19(3)13-6-5-11(14(17)20)9-12(13)16/h5-6,9H,4,7-8,10H2,1-3H3,(H2,17,20). The van der Waals surface area contributed by atoms with Crippen LogP contribution in [-0.2, 0) is 0 Å². The van der Waals surface area contributed by atoms with Crippen LogP contribution in [0.3, 0.4) is 0 Å². The molecule has 0 amide bonds. The molecule has 0 aromatic heterocycles. The van der Waals surface area contributed by atoms with E-state index in [-0.39, 0.29) is 16.3 Å². The van der Waals surface area contributed by atoms with Gasteiger partial charge in [0.15, 0.2) is 0 Å². The lowest BCUT2D eigenvalue weighted by molar-refractivity contribution is 0.0682. The topological polar surface area (TPSA) is 32.5 Å². The van der Waals surface area contributed by atoms with E-state index in [0.29, 0.717) is 11.3 Å². The van der Waals surface area contributed by atoms with E-state index in [1.807, 2.05) is 11.9 Å². The molecule has 0 atom stereocenters. The van der Waals surface area contributed by atoms with E-state index in [1.54, 1.807) is 12.1 Å². The Morgan fingerprint density at radius 2 is 2.00 bits per heavy atom. The molecule has 110 valence electrons. The number of hydrogen-bond donors (Lipinski definition) is 1. The Balaban J connectivity index is 2.17. The minimum Gasteiger partial charge on any atom is -0.389 e. The first-order chi connectivity index (χ1) is 9.35. The molecule has 1 aliphatic carbocycles.